The second kappa shape index (κ2) is 7.92. The summed E-state index contributed by atoms with van der Waals surface area (Å²) < 4.78 is 1.02. The van der Waals surface area contributed by atoms with Crippen LogP contribution in [0.4, 0.5) is 10.5 Å². The van der Waals surface area contributed by atoms with E-state index >= 15 is 0 Å². The van der Waals surface area contributed by atoms with Gasteiger partial charge in [-0.05, 0) is 42.5 Å². The first kappa shape index (κ1) is 18.5. The molecule has 4 amide bonds. The van der Waals surface area contributed by atoms with Gasteiger partial charge in [0.05, 0.1) is 11.1 Å². The number of hydrogen-bond acceptors (Lipinski definition) is 4. The van der Waals surface area contributed by atoms with E-state index in [1.54, 1.807) is 17.8 Å². The molecule has 3 rings (SSSR count). The van der Waals surface area contributed by atoms with Gasteiger partial charge in [-0.1, -0.05) is 22.9 Å². The van der Waals surface area contributed by atoms with Gasteiger partial charge in [0, 0.05) is 26.9 Å². The summed E-state index contributed by atoms with van der Waals surface area (Å²) in [4.78, 5) is 36.4. The van der Waals surface area contributed by atoms with Crippen molar-refractivity contribution in [3.63, 3.8) is 0 Å². The van der Waals surface area contributed by atoms with Crippen LogP contribution in [0.25, 0.3) is 0 Å². The smallest absolute Gasteiger partial charge is 0.319 e. The van der Waals surface area contributed by atoms with Crippen molar-refractivity contribution < 1.29 is 14.4 Å². The Kier molecular flexibility index (Phi) is 5.63. The molecule has 0 spiro atoms. The van der Waals surface area contributed by atoms with Gasteiger partial charge < -0.3 is 10.6 Å². The third-order valence-corrected chi connectivity index (χ3v) is 5.34. The van der Waals surface area contributed by atoms with Crippen molar-refractivity contribution in [2.45, 2.75) is 17.1 Å². The Labute approximate surface area is 163 Å². The molecule has 2 aromatic carbocycles. The van der Waals surface area contributed by atoms with Crippen LogP contribution in [0.2, 0.25) is 0 Å². The van der Waals surface area contributed by atoms with Gasteiger partial charge in [0.1, 0.15) is 0 Å². The van der Waals surface area contributed by atoms with Gasteiger partial charge >= 0.3 is 6.03 Å². The van der Waals surface area contributed by atoms with Crippen LogP contribution < -0.4 is 16.0 Å². The maximum absolute atomic E-state index is 12.1. The highest BCUT2D eigenvalue weighted by atomic mass is 79.9. The van der Waals surface area contributed by atoms with E-state index in [1.165, 1.54) is 12.1 Å². The number of urea groups is 1. The summed E-state index contributed by atoms with van der Waals surface area (Å²) in [5.74, 6) is -0.867. The van der Waals surface area contributed by atoms with E-state index in [0.29, 0.717) is 17.8 Å². The average molecular weight is 434 g/mol. The number of thioether (sulfide) groups is 1. The molecular weight excluding hydrogens is 418 g/mol. The van der Waals surface area contributed by atoms with E-state index in [-0.39, 0.29) is 16.8 Å². The van der Waals surface area contributed by atoms with Gasteiger partial charge in [0.2, 0.25) is 0 Å². The first-order chi connectivity index (χ1) is 12.4. The lowest BCUT2D eigenvalue weighted by Crippen LogP contribution is -2.33. The Morgan fingerprint density at radius 1 is 1.12 bits per heavy atom. The number of carbonyl (C=O) groups excluding carboxylic acids is 3. The SMILES string of the molecule is CC(CNC(=O)Nc1ccc2c(c1)C(=O)NC2=O)Sc1ccc(Br)cc1. The molecule has 0 fully saturated rings. The molecule has 1 aliphatic rings. The first-order valence-electron chi connectivity index (χ1n) is 7.89. The van der Waals surface area contributed by atoms with Crippen LogP contribution in [0.15, 0.2) is 51.8 Å². The third-order valence-electron chi connectivity index (χ3n) is 3.69. The van der Waals surface area contributed by atoms with E-state index in [2.05, 4.69) is 31.9 Å². The maximum atomic E-state index is 12.1. The second-order valence-electron chi connectivity index (χ2n) is 5.76. The Morgan fingerprint density at radius 3 is 2.54 bits per heavy atom. The molecule has 0 bridgehead atoms. The highest BCUT2D eigenvalue weighted by molar-refractivity contribution is 9.10. The number of anilines is 1. The van der Waals surface area contributed by atoms with E-state index in [4.69, 9.17) is 0 Å². The molecule has 0 radical (unpaired) electrons. The minimum atomic E-state index is -0.450. The lowest BCUT2D eigenvalue weighted by Gasteiger charge is -2.13. The molecule has 1 aliphatic heterocycles. The fraction of sp³-hybridized carbons (Fsp3) is 0.167. The maximum Gasteiger partial charge on any atom is 0.319 e. The van der Waals surface area contributed by atoms with Gasteiger partial charge in [0.15, 0.2) is 0 Å². The fourth-order valence-electron chi connectivity index (χ4n) is 2.44. The molecule has 1 heterocycles. The lowest BCUT2D eigenvalue weighted by atomic mass is 10.1. The highest BCUT2D eigenvalue weighted by Crippen LogP contribution is 2.24. The van der Waals surface area contributed by atoms with Crippen molar-refractivity contribution in [1.29, 1.82) is 0 Å². The summed E-state index contributed by atoms with van der Waals surface area (Å²) in [5, 5.41) is 7.88. The molecule has 6 nitrogen and oxygen atoms in total. The first-order valence-corrected chi connectivity index (χ1v) is 9.56. The number of fused-ring (bicyclic) bond motifs is 1. The van der Waals surface area contributed by atoms with Crippen molar-refractivity contribution >= 4 is 51.2 Å². The van der Waals surface area contributed by atoms with Crippen LogP contribution >= 0.6 is 27.7 Å². The van der Waals surface area contributed by atoms with Crippen LogP contribution in [0.3, 0.4) is 0 Å². The van der Waals surface area contributed by atoms with Crippen molar-refractivity contribution in [2.75, 3.05) is 11.9 Å². The van der Waals surface area contributed by atoms with Crippen LogP contribution in [-0.4, -0.2) is 29.6 Å². The number of carbonyl (C=O) groups is 3. The Hall–Kier alpha value is -2.32. The highest BCUT2D eigenvalue weighted by Gasteiger charge is 2.26. The van der Waals surface area contributed by atoms with Crippen molar-refractivity contribution in [3.05, 3.63) is 58.1 Å². The van der Waals surface area contributed by atoms with Crippen LogP contribution in [0.5, 0.6) is 0 Å². The Bertz CT molecular complexity index is 870. The van der Waals surface area contributed by atoms with Crippen molar-refractivity contribution in [1.82, 2.24) is 10.6 Å². The molecule has 0 saturated carbocycles. The summed E-state index contributed by atoms with van der Waals surface area (Å²) in [6, 6.07) is 12.2. The minimum Gasteiger partial charge on any atom is -0.337 e. The second-order valence-corrected chi connectivity index (χ2v) is 8.19. The van der Waals surface area contributed by atoms with Crippen LogP contribution in [-0.2, 0) is 0 Å². The summed E-state index contributed by atoms with van der Waals surface area (Å²) >= 11 is 5.06. The number of rotatable bonds is 5. The van der Waals surface area contributed by atoms with Gasteiger partial charge in [0.25, 0.3) is 11.8 Å². The molecule has 8 heteroatoms. The molecule has 0 saturated heterocycles. The number of amides is 4. The molecule has 0 aromatic heterocycles. The molecule has 2 aromatic rings. The number of nitrogens with one attached hydrogen (secondary N) is 3. The third kappa shape index (κ3) is 4.44. The minimum absolute atomic E-state index is 0.186. The van der Waals surface area contributed by atoms with E-state index < -0.39 is 11.8 Å². The Balaban J connectivity index is 1.51. The quantitative estimate of drug-likeness (QED) is 0.496. The monoisotopic (exact) mass is 433 g/mol. The van der Waals surface area contributed by atoms with Crippen molar-refractivity contribution in [2.24, 2.45) is 0 Å². The molecule has 0 aliphatic carbocycles. The normalized spacial score (nSPS) is 13.8. The van der Waals surface area contributed by atoms with Gasteiger partial charge in [-0.15, -0.1) is 11.8 Å². The van der Waals surface area contributed by atoms with Gasteiger partial charge in [-0.2, -0.15) is 0 Å². The molecule has 3 N–H and O–H groups in total. The predicted molar refractivity (Wildman–Crippen MR) is 105 cm³/mol. The predicted octanol–water partition coefficient (Wildman–Crippen LogP) is 3.64. The largest absolute Gasteiger partial charge is 0.337 e. The van der Waals surface area contributed by atoms with Gasteiger partial charge in [-0.25, -0.2) is 4.79 Å². The number of benzene rings is 2. The zero-order chi connectivity index (χ0) is 18.7. The molecule has 134 valence electrons. The molecule has 1 atom stereocenters. The van der Waals surface area contributed by atoms with E-state index in [9.17, 15) is 14.4 Å². The van der Waals surface area contributed by atoms with E-state index in [0.717, 1.165) is 9.37 Å². The zero-order valence-electron chi connectivity index (χ0n) is 13.8. The number of hydrogen-bond donors (Lipinski definition) is 3. The summed E-state index contributed by atoms with van der Waals surface area (Å²) in [5.41, 5.74) is 1.05. The molecule has 1 unspecified atom stereocenters. The zero-order valence-corrected chi connectivity index (χ0v) is 16.2. The van der Waals surface area contributed by atoms with Crippen LogP contribution in [0.1, 0.15) is 27.6 Å². The van der Waals surface area contributed by atoms with Crippen LogP contribution in [0, 0.1) is 0 Å². The molecular formula is C18H16BrN3O3S. The fourth-order valence-corrected chi connectivity index (χ4v) is 3.63. The lowest BCUT2D eigenvalue weighted by molar-refractivity contribution is 0.0879. The van der Waals surface area contributed by atoms with E-state index in [1.807, 2.05) is 31.2 Å². The average Bonchev–Trinajstić information content (AvgIpc) is 2.89. The summed E-state index contributed by atoms with van der Waals surface area (Å²) in [7, 11) is 0. The summed E-state index contributed by atoms with van der Waals surface area (Å²) in [6.45, 7) is 2.51. The number of imide groups is 1. The van der Waals surface area contributed by atoms with Gasteiger partial charge in [-0.3, -0.25) is 14.9 Å². The summed E-state index contributed by atoms with van der Waals surface area (Å²) in [6.07, 6.45) is 0. The number of halogens is 1. The topological polar surface area (TPSA) is 87.3 Å². The van der Waals surface area contributed by atoms with Crippen molar-refractivity contribution in [3.8, 4) is 0 Å². The standard InChI is InChI=1S/C18H16BrN3O3S/c1-10(26-13-5-2-11(19)3-6-13)9-20-18(25)21-12-4-7-14-15(8-12)17(24)22-16(14)23/h2-8,10H,9H2,1H3,(H2,20,21,25)(H,22,23,24). The Morgan fingerprint density at radius 2 is 1.81 bits per heavy atom. The molecule has 26 heavy (non-hydrogen) atoms.